The Hall–Kier alpha value is -1.50. The monoisotopic (exact) mass is 334 g/mol. The summed E-state index contributed by atoms with van der Waals surface area (Å²) in [6.45, 7) is 0.424. The van der Waals surface area contributed by atoms with Crippen LogP contribution in [0, 0.1) is 0 Å². The molecule has 1 atom stereocenters. The quantitative estimate of drug-likeness (QED) is 0.669. The van der Waals surface area contributed by atoms with E-state index in [2.05, 4.69) is 10.6 Å². The van der Waals surface area contributed by atoms with Gasteiger partial charge in [0.25, 0.3) is 0 Å². The van der Waals surface area contributed by atoms with Crippen molar-refractivity contribution in [3.05, 3.63) is 28.2 Å². The van der Waals surface area contributed by atoms with Crippen molar-refractivity contribution in [2.75, 3.05) is 19.0 Å². The van der Waals surface area contributed by atoms with E-state index in [4.69, 9.17) is 33.0 Å². The van der Waals surface area contributed by atoms with Crippen molar-refractivity contribution in [1.29, 1.82) is 0 Å². The summed E-state index contributed by atoms with van der Waals surface area (Å²) in [5.74, 6) is -1.11. The Morgan fingerprint density at radius 3 is 2.71 bits per heavy atom. The molecule has 2 amide bonds. The van der Waals surface area contributed by atoms with Gasteiger partial charge in [-0.1, -0.05) is 29.3 Å². The number of carboxylic acid groups (broad SMARTS) is 1. The van der Waals surface area contributed by atoms with Gasteiger partial charge in [0, 0.05) is 13.7 Å². The van der Waals surface area contributed by atoms with Gasteiger partial charge < -0.3 is 20.5 Å². The molecule has 0 aliphatic heterocycles. The molecule has 0 aliphatic rings. The minimum atomic E-state index is -1.11. The van der Waals surface area contributed by atoms with Crippen LogP contribution in [0.1, 0.15) is 12.8 Å². The first kappa shape index (κ1) is 17.6. The molecule has 0 heterocycles. The summed E-state index contributed by atoms with van der Waals surface area (Å²) in [7, 11) is 1.52. The van der Waals surface area contributed by atoms with Crippen LogP contribution < -0.4 is 10.6 Å². The highest BCUT2D eigenvalue weighted by Crippen LogP contribution is 2.29. The molecule has 3 N–H and O–H groups in total. The van der Waals surface area contributed by atoms with Crippen LogP contribution in [0.15, 0.2) is 18.2 Å². The molecule has 1 aromatic carbocycles. The minimum absolute atomic E-state index is 0.195. The average molecular weight is 335 g/mol. The van der Waals surface area contributed by atoms with E-state index in [0.717, 1.165) is 0 Å². The van der Waals surface area contributed by atoms with Gasteiger partial charge in [0.1, 0.15) is 6.04 Å². The van der Waals surface area contributed by atoms with Gasteiger partial charge in [-0.15, -0.1) is 0 Å². The lowest BCUT2D eigenvalue weighted by Crippen LogP contribution is -2.43. The SMILES string of the molecule is COCCCC(NC(=O)Nc1cccc(Cl)c1Cl)C(=O)O. The summed E-state index contributed by atoms with van der Waals surface area (Å²) in [5, 5.41) is 14.4. The van der Waals surface area contributed by atoms with Gasteiger partial charge >= 0.3 is 12.0 Å². The van der Waals surface area contributed by atoms with Gasteiger partial charge in [-0.2, -0.15) is 0 Å². The number of urea groups is 1. The molecule has 0 fully saturated rings. The minimum Gasteiger partial charge on any atom is -0.480 e. The van der Waals surface area contributed by atoms with Crippen LogP contribution >= 0.6 is 23.2 Å². The molecule has 0 saturated carbocycles. The largest absolute Gasteiger partial charge is 0.480 e. The highest BCUT2D eigenvalue weighted by Gasteiger charge is 2.20. The first-order valence-corrected chi connectivity index (χ1v) is 6.94. The maximum Gasteiger partial charge on any atom is 0.326 e. The molecule has 0 radical (unpaired) electrons. The van der Waals surface area contributed by atoms with Gasteiger partial charge in [-0.3, -0.25) is 0 Å². The van der Waals surface area contributed by atoms with Gasteiger partial charge in [0.2, 0.25) is 0 Å². The van der Waals surface area contributed by atoms with Crippen molar-refractivity contribution in [3.63, 3.8) is 0 Å². The predicted octanol–water partition coefficient (Wildman–Crippen LogP) is 2.99. The maximum atomic E-state index is 11.8. The Labute approximate surface area is 132 Å². The van der Waals surface area contributed by atoms with Gasteiger partial charge in [0.15, 0.2) is 0 Å². The van der Waals surface area contributed by atoms with Gasteiger partial charge in [-0.05, 0) is 25.0 Å². The molecule has 1 aromatic rings. The second-order valence-corrected chi connectivity index (χ2v) is 5.01. The molecule has 8 heteroatoms. The molecule has 0 spiro atoms. The molecular weight excluding hydrogens is 319 g/mol. The van der Waals surface area contributed by atoms with E-state index in [0.29, 0.717) is 23.7 Å². The molecule has 116 valence electrons. The van der Waals surface area contributed by atoms with Crippen LogP contribution in [0.3, 0.4) is 0 Å². The fraction of sp³-hybridized carbons (Fsp3) is 0.385. The topological polar surface area (TPSA) is 87.7 Å². The zero-order valence-electron chi connectivity index (χ0n) is 11.4. The summed E-state index contributed by atoms with van der Waals surface area (Å²) in [6.07, 6.45) is 0.783. The van der Waals surface area contributed by atoms with Gasteiger partial charge in [0.05, 0.1) is 15.7 Å². The van der Waals surface area contributed by atoms with E-state index >= 15 is 0 Å². The number of carbonyl (C=O) groups is 2. The summed E-state index contributed by atoms with van der Waals surface area (Å²) < 4.78 is 4.85. The summed E-state index contributed by atoms with van der Waals surface area (Å²) in [4.78, 5) is 22.9. The van der Waals surface area contributed by atoms with Crippen LogP contribution in [0.2, 0.25) is 10.0 Å². The Morgan fingerprint density at radius 1 is 1.38 bits per heavy atom. The molecule has 0 aromatic heterocycles. The number of aliphatic carboxylic acids is 1. The van der Waals surface area contributed by atoms with Crippen LogP contribution in [0.5, 0.6) is 0 Å². The van der Waals surface area contributed by atoms with E-state index in [1.54, 1.807) is 18.2 Å². The number of benzene rings is 1. The fourth-order valence-electron chi connectivity index (χ4n) is 1.61. The van der Waals surface area contributed by atoms with Crippen molar-refractivity contribution in [3.8, 4) is 0 Å². The number of amides is 2. The maximum absolute atomic E-state index is 11.8. The number of carboxylic acids is 1. The molecule has 1 rings (SSSR count). The van der Waals surface area contributed by atoms with E-state index in [1.807, 2.05) is 0 Å². The summed E-state index contributed by atoms with van der Waals surface area (Å²) >= 11 is 11.8. The normalized spacial score (nSPS) is 11.8. The van der Waals surface area contributed by atoms with Crippen molar-refractivity contribution in [2.45, 2.75) is 18.9 Å². The summed E-state index contributed by atoms with van der Waals surface area (Å²) in [5.41, 5.74) is 0.308. The zero-order chi connectivity index (χ0) is 15.8. The molecule has 6 nitrogen and oxygen atoms in total. The van der Waals surface area contributed by atoms with Crippen molar-refractivity contribution >= 4 is 40.9 Å². The highest BCUT2D eigenvalue weighted by atomic mass is 35.5. The third-order valence-electron chi connectivity index (χ3n) is 2.64. The second kappa shape index (κ2) is 8.71. The van der Waals surface area contributed by atoms with E-state index in [-0.39, 0.29) is 11.4 Å². The fourth-order valence-corrected chi connectivity index (χ4v) is 1.95. The number of methoxy groups -OCH3 is 1. The lowest BCUT2D eigenvalue weighted by molar-refractivity contribution is -0.139. The van der Waals surface area contributed by atoms with Crippen LogP contribution in [-0.4, -0.2) is 36.9 Å². The number of ether oxygens (including phenoxy) is 1. The second-order valence-electron chi connectivity index (χ2n) is 4.23. The van der Waals surface area contributed by atoms with Crippen molar-refractivity contribution in [2.24, 2.45) is 0 Å². The number of carbonyl (C=O) groups excluding carboxylic acids is 1. The van der Waals surface area contributed by atoms with Crippen molar-refractivity contribution < 1.29 is 19.4 Å². The Morgan fingerprint density at radius 2 is 2.10 bits per heavy atom. The summed E-state index contributed by atoms with van der Waals surface area (Å²) in [6, 6.07) is 3.10. The standard InChI is InChI=1S/C13H16Cl2N2O4/c1-21-7-3-6-10(12(18)19)17-13(20)16-9-5-2-4-8(14)11(9)15/h2,4-5,10H,3,6-7H2,1H3,(H,18,19)(H2,16,17,20). The third-order valence-corrected chi connectivity index (χ3v) is 3.46. The Kier molecular flexibility index (Phi) is 7.28. The van der Waals surface area contributed by atoms with E-state index < -0.39 is 18.0 Å². The van der Waals surface area contributed by atoms with Gasteiger partial charge in [-0.25, -0.2) is 9.59 Å². The molecule has 0 aliphatic carbocycles. The highest BCUT2D eigenvalue weighted by molar-refractivity contribution is 6.43. The average Bonchev–Trinajstić information content (AvgIpc) is 2.43. The van der Waals surface area contributed by atoms with E-state index in [9.17, 15) is 9.59 Å². The molecule has 1 unspecified atom stereocenters. The number of rotatable bonds is 7. The van der Waals surface area contributed by atoms with Crippen LogP contribution in [-0.2, 0) is 9.53 Å². The molecular formula is C13H16Cl2N2O4. The Balaban J connectivity index is 2.61. The van der Waals surface area contributed by atoms with Crippen LogP contribution in [0.25, 0.3) is 0 Å². The third kappa shape index (κ3) is 5.79. The number of nitrogens with one attached hydrogen (secondary N) is 2. The van der Waals surface area contributed by atoms with E-state index in [1.165, 1.54) is 7.11 Å². The zero-order valence-corrected chi connectivity index (χ0v) is 12.9. The molecule has 0 bridgehead atoms. The molecule has 0 saturated heterocycles. The predicted molar refractivity (Wildman–Crippen MR) is 81.2 cm³/mol. The number of hydrogen-bond donors (Lipinski definition) is 3. The number of anilines is 1. The lowest BCUT2D eigenvalue weighted by Gasteiger charge is -2.15. The first-order chi connectivity index (χ1) is 9.95. The Bertz CT molecular complexity index is 511. The number of hydrogen-bond acceptors (Lipinski definition) is 3. The lowest BCUT2D eigenvalue weighted by atomic mass is 10.1. The van der Waals surface area contributed by atoms with Crippen LogP contribution in [0.4, 0.5) is 10.5 Å². The first-order valence-electron chi connectivity index (χ1n) is 6.19. The molecule has 21 heavy (non-hydrogen) atoms. The van der Waals surface area contributed by atoms with Crippen molar-refractivity contribution in [1.82, 2.24) is 5.32 Å². The number of halogens is 2. The smallest absolute Gasteiger partial charge is 0.326 e.